The van der Waals surface area contributed by atoms with Crippen LogP contribution in [-0.2, 0) is 5.75 Å². The van der Waals surface area contributed by atoms with E-state index in [2.05, 4.69) is 10.3 Å². The number of anilines is 1. The molecule has 1 aromatic heterocycles. The molecule has 1 heterocycles. The van der Waals surface area contributed by atoms with E-state index in [1.807, 2.05) is 19.2 Å². The van der Waals surface area contributed by atoms with Crippen LogP contribution in [0, 0.1) is 10.1 Å². The molecule has 0 atom stereocenters. The highest BCUT2D eigenvalue weighted by atomic mass is 32.2. The van der Waals surface area contributed by atoms with Gasteiger partial charge in [-0.25, -0.2) is 4.98 Å². The van der Waals surface area contributed by atoms with Crippen molar-refractivity contribution in [3.63, 3.8) is 0 Å². The number of benzene rings is 1. The number of thioether (sulfide) groups is 1. The number of nitro benzene ring substituents is 1. The summed E-state index contributed by atoms with van der Waals surface area (Å²) in [5, 5.41) is 13.8. The van der Waals surface area contributed by atoms with Crippen LogP contribution < -0.4 is 5.32 Å². The van der Waals surface area contributed by atoms with Crippen LogP contribution in [-0.4, -0.2) is 17.0 Å². The summed E-state index contributed by atoms with van der Waals surface area (Å²) in [7, 11) is 1.81. The average molecular weight is 275 g/mol. The SMILES string of the molecule is CNc1ccc(CSc2ccccc2[N+](=O)[O-])cn1. The van der Waals surface area contributed by atoms with Crippen molar-refractivity contribution in [2.24, 2.45) is 0 Å². The highest BCUT2D eigenvalue weighted by Crippen LogP contribution is 2.30. The number of pyridine rings is 1. The van der Waals surface area contributed by atoms with Gasteiger partial charge in [0.2, 0.25) is 0 Å². The third-order valence-corrected chi connectivity index (χ3v) is 3.67. The molecule has 19 heavy (non-hydrogen) atoms. The van der Waals surface area contributed by atoms with E-state index in [4.69, 9.17) is 0 Å². The van der Waals surface area contributed by atoms with E-state index in [9.17, 15) is 10.1 Å². The zero-order valence-electron chi connectivity index (χ0n) is 10.4. The van der Waals surface area contributed by atoms with Crippen molar-refractivity contribution in [3.05, 3.63) is 58.3 Å². The van der Waals surface area contributed by atoms with Crippen molar-refractivity contribution in [1.29, 1.82) is 0 Å². The molecule has 2 rings (SSSR count). The fraction of sp³-hybridized carbons (Fsp3) is 0.154. The molecule has 98 valence electrons. The van der Waals surface area contributed by atoms with Gasteiger partial charge >= 0.3 is 0 Å². The summed E-state index contributed by atoms with van der Waals surface area (Å²) in [4.78, 5) is 15.4. The molecule has 0 unspecified atom stereocenters. The molecule has 2 aromatic rings. The van der Waals surface area contributed by atoms with Crippen molar-refractivity contribution in [2.75, 3.05) is 12.4 Å². The lowest BCUT2D eigenvalue weighted by Gasteiger charge is -2.04. The van der Waals surface area contributed by atoms with Gasteiger partial charge in [-0.15, -0.1) is 11.8 Å². The second kappa shape index (κ2) is 6.19. The van der Waals surface area contributed by atoms with Crippen molar-refractivity contribution in [2.45, 2.75) is 10.6 Å². The Kier molecular flexibility index (Phi) is 4.35. The number of nitrogens with zero attached hydrogens (tertiary/aromatic N) is 2. The largest absolute Gasteiger partial charge is 0.373 e. The van der Waals surface area contributed by atoms with Crippen LogP contribution in [0.25, 0.3) is 0 Å². The smallest absolute Gasteiger partial charge is 0.282 e. The molecule has 0 aliphatic heterocycles. The maximum Gasteiger partial charge on any atom is 0.282 e. The number of hydrogen-bond acceptors (Lipinski definition) is 5. The molecule has 0 bridgehead atoms. The summed E-state index contributed by atoms with van der Waals surface area (Å²) >= 11 is 1.44. The monoisotopic (exact) mass is 275 g/mol. The number of nitrogens with one attached hydrogen (secondary N) is 1. The summed E-state index contributed by atoms with van der Waals surface area (Å²) in [6.45, 7) is 0. The molecule has 0 aliphatic carbocycles. The van der Waals surface area contributed by atoms with Crippen LogP contribution in [0.5, 0.6) is 0 Å². The maximum absolute atomic E-state index is 10.9. The van der Waals surface area contributed by atoms with E-state index < -0.39 is 0 Å². The molecular weight excluding hydrogens is 262 g/mol. The quantitative estimate of drug-likeness (QED) is 0.515. The van der Waals surface area contributed by atoms with E-state index in [0.717, 1.165) is 11.4 Å². The topological polar surface area (TPSA) is 68.1 Å². The molecule has 0 radical (unpaired) electrons. The van der Waals surface area contributed by atoms with Crippen LogP contribution in [0.15, 0.2) is 47.5 Å². The minimum atomic E-state index is -0.356. The lowest BCUT2D eigenvalue weighted by molar-refractivity contribution is -0.387. The third-order valence-electron chi connectivity index (χ3n) is 2.54. The van der Waals surface area contributed by atoms with Gasteiger partial charge in [0.05, 0.1) is 9.82 Å². The van der Waals surface area contributed by atoms with Crippen LogP contribution in [0.2, 0.25) is 0 Å². The zero-order chi connectivity index (χ0) is 13.7. The molecule has 0 aliphatic rings. The molecule has 0 saturated carbocycles. The first-order valence-corrected chi connectivity index (χ1v) is 6.68. The van der Waals surface area contributed by atoms with E-state index in [1.165, 1.54) is 17.8 Å². The van der Waals surface area contributed by atoms with Gasteiger partial charge < -0.3 is 5.32 Å². The summed E-state index contributed by atoms with van der Waals surface area (Å²) in [5.74, 6) is 1.46. The van der Waals surface area contributed by atoms with E-state index in [1.54, 1.807) is 24.4 Å². The van der Waals surface area contributed by atoms with E-state index in [0.29, 0.717) is 10.6 Å². The molecule has 5 nitrogen and oxygen atoms in total. The summed E-state index contributed by atoms with van der Waals surface area (Å²) in [6, 6.07) is 10.6. The highest BCUT2D eigenvalue weighted by Gasteiger charge is 2.12. The van der Waals surface area contributed by atoms with Crippen molar-refractivity contribution in [1.82, 2.24) is 4.98 Å². The number of aromatic nitrogens is 1. The average Bonchev–Trinajstić information content (AvgIpc) is 2.46. The van der Waals surface area contributed by atoms with Crippen LogP contribution >= 0.6 is 11.8 Å². The first-order valence-electron chi connectivity index (χ1n) is 5.69. The Hall–Kier alpha value is -2.08. The Balaban J connectivity index is 2.07. The highest BCUT2D eigenvalue weighted by molar-refractivity contribution is 7.98. The molecule has 6 heteroatoms. The Bertz CT molecular complexity index is 572. The zero-order valence-corrected chi connectivity index (χ0v) is 11.2. The third kappa shape index (κ3) is 3.45. The minimum absolute atomic E-state index is 0.146. The van der Waals surface area contributed by atoms with Crippen LogP contribution in [0.3, 0.4) is 0 Å². The Morgan fingerprint density at radius 1 is 1.32 bits per heavy atom. The Morgan fingerprint density at radius 3 is 2.74 bits per heavy atom. The predicted molar refractivity (Wildman–Crippen MR) is 76.4 cm³/mol. The minimum Gasteiger partial charge on any atom is -0.373 e. The predicted octanol–water partition coefficient (Wildman–Crippen LogP) is 3.32. The number of para-hydroxylation sites is 1. The second-order valence-electron chi connectivity index (χ2n) is 3.82. The Morgan fingerprint density at radius 2 is 2.11 bits per heavy atom. The van der Waals surface area contributed by atoms with Gasteiger partial charge in [-0.2, -0.15) is 0 Å². The second-order valence-corrected chi connectivity index (χ2v) is 4.83. The van der Waals surface area contributed by atoms with Gasteiger partial charge in [0.15, 0.2) is 0 Å². The number of rotatable bonds is 5. The van der Waals surface area contributed by atoms with Gasteiger partial charge in [-0.3, -0.25) is 10.1 Å². The fourth-order valence-electron chi connectivity index (χ4n) is 1.55. The molecule has 0 amide bonds. The standard InChI is InChI=1S/C13H13N3O2S/c1-14-13-7-6-10(8-15-13)9-19-12-5-3-2-4-11(12)16(17)18/h2-8H,9H2,1H3,(H,14,15). The summed E-state index contributed by atoms with van der Waals surface area (Å²) in [6.07, 6.45) is 1.77. The lowest BCUT2D eigenvalue weighted by atomic mass is 10.3. The van der Waals surface area contributed by atoms with Gasteiger partial charge in [0.25, 0.3) is 5.69 Å². The van der Waals surface area contributed by atoms with Crippen LogP contribution in [0.1, 0.15) is 5.56 Å². The van der Waals surface area contributed by atoms with Crippen molar-refractivity contribution >= 4 is 23.3 Å². The van der Waals surface area contributed by atoms with Gasteiger partial charge in [0, 0.05) is 25.1 Å². The Labute approximate surface area is 115 Å². The fourth-order valence-corrected chi connectivity index (χ4v) is 2.51. The number of nitro groups is 1. The molecule has 0 spiro atoms. The first kappa shape index (κ1) is 13.4. The van der Waals surface area contributed by atoms with Gasteiger partial charge in [-0.1, -0.05) is 18.2 Å². The van der Waals surface area contributed by atoms with Crippen molar-refractivity contribution in [3.8, 4) is 0 Å². The normalized spacial score (nSPS) is 10.2. The molecular formula is C13H13N3O2S. The molecule has 0 fully saturated rings. The summed E-state index contributed by atoms with van der Waals surface area (Å²) in [5.41, 5.74) is 1.18. The maximum atomic E-state index is 10.9. The molecule has 0 saturated heterocycles. The van der Waals surface area contributed by atoms with E-state index in [-0.39, 0.29) is 10.6 Å². The number of hydrogen-bond donors (Lipinski definition) is 1. The van der Waals surface area contributed by atoms with Crippen molar-refractivity contribution < 1.29 is 4.92 Å². The van der Waals surface area contributed by atoms with Crippen LogP contribution in [0.4, 0.5) is 11.5 Å². The molecule has 1 N–H and O–H groups in total. The van der Waals surface area contributed by atoms with Gasteiger partial charge in [-0.05, 0) is 17.7 Å². The molecule has 1 aromatic carbocycles. The lowest BCUT2D eigenvalue weighted by Crippen LogP contribution is -1.93. The van der Waals surface area contributed by atoms with E-state index >= 15 is 0 Å². The van der Waals surface area contributed by atoms with Gasteiger partial charge in [0.1, 0.15) is 5.82 Å². The first-order chi connectivity index (χ1) is 9.20. The summed E-state index contributed by atoms with van der Waals surface area (Å²) < 4.78 is 0.